The van der Waals surface area contributed by atoms with Gasteiger partial charge in [-0.15, -0.1) is 0 Å². The molecule has 2 fully saturated rings. The Morgan fingerprint density at radius 1 is 1.26 bits per heavy atom. The molecule has 3 amide bonds. The minimum atomic E-state index is -1.01. The lowest BCUT2D eigenvalue weighted by Crippen LogP contribution is -2.49. The van der Waals surface area contributed by atoms with Crippen LogP contribution < -0.4 is 4.74 Å². The number of ketones is 1. The van der Waals surface area contributed by atoms with E-state index in [1.54, 1.807) is 36.2 Å². The molecule has 0 unspecified atom stereocenters. The SMILES string of the molecule is CC(=O)c1cccc(OC[C@H](O)CN2C(=O)N(C)C3(CCCCC3)C2=O)c1. The number of aliphatic hydroxyl groups excluding tert-OH is 1. The summed E-state index contributed by atoms with van der Waals surface area (Å²) < 4.78 is 5.54. The van der Waals surface area contributed by atoms with Crippen molar-refractivity contribution in [3.63, 3.8) is 0 Å². The molecule has 1 heterocycles. The van der Waals surface area contributed by atoms with E-state index in [2.05, 4.69) is 0 Å². The van der Waals surface area contributed by atoms with Gasteiger partial charge < -0.3 is 14.7 Å². The number of amides is 3. The number of aliphatic hydroxyl groups is 1. The molecule has 7 nitrogen and oxygen atoms in total. The second kappa shape index (κ2) is 7.68. The molecule has 1 spiro atoms. The van der Waals surface area contributed by atoms with Gasteiger partial charge in [0.2, 0.25) is 0 Å². The van der Waals surface area contributed by atoms with E-state index in [4.69, 9.17) is 4.74 Å². The Hall–Kier alpha value is -2.41. The van der Waals surface area contributed by atoms with Crippen LogP contribution in [0.1, 0.15) is 49.4 Å². The first-order valence-corrected chi connectivity index (χ1v) is 9.37. The molecule has 1 aliphatic heterocycles. The molecule has 1 atom stereocenters. The van der Waals surface area contributed by atoms with E-state index in [1.165, 1.54) is 6.92 Å². The van der Waals surface area contributed by atoms with E-state index in [0.29, 0.717) is 24.2 Å². The molecule has 0 aromatic heterocycles. The van der Waals surface area contributed by atoms with E-state index in [1.807, 2.05) is 0 Å². The Balaban J connectivity index is 1.61. The lowest BCUT2D eigenvalue weighted by molar-refractivity contribution is -0.135. The van der Waals surface area contributed by atoms with Crippen molar-refractivity contribution in [1.82, 2.24) is 9.80 Å². The third-order valence-corrected chi connectivity index (χ3v) is 5.56. The number of carbonyl (C=O) groups excluding carboxylic acids is 3. The van der Waals surface area contributed by atoms with Crippen LogP contribution in [-0.4, -0.2) is 64.5 Å². The number of imide groups is 1. The van der Waals surface area contributed by atoms with Gasteiger partial charge in [0.15, 0.2) is 5.78 Å². The fourth-order valence-electron chi connectivity index (χ4n) is 3.95. The molecule has 146 valence electrons. The number of ether oxygens (including phenoxy) is 1. The van der Waals surface area contributed by atoms with E-state index in [-0.39, 0.29) is 30.9 Å². The van der Waals surface area contributed by atoms with Crippen molar-refractivity contribution in [2.45, 2.75) is 50.7 Å². The molecular weight excluding hydrogens is 348 g/mol. The van der Waals surface area contributed by atoms with Crippen LogP contribution in [0, 0.1) is 0 Å². The van der Waals surface area contributed by atoms with E-state index in [9.17, 15) is 19.5 Å². The van der Waals surface area contributed by atoms with Gasteiger partial charge in [-0.25, -0.2) is 4.79 Å². The monoisotopic (exact) mass is 374 g/mol. The van der Waals surface area contributed by atoms with Gasteiger partial charge in [-0.1, -0.05) is 31.4 Å². The van der Waals surface area contributed by atoms with E-state index >= 15 is 0 Å². The molecule has 1 aliphatic carbocycles. The lowest BCUT2D eigenvalue weighted by atomic mass is 9.81. The van der Waals surface area contributed by atoms with Crippen LogP contribution in [-0.2, 0) is 4.79 Å². The number of carbonyl (C=O) groups is 3. The lowest BCUT2D eigenvalue weighted by Gasteiger charge is -2.35. The molecular formula is C20H26N2O5. The first-order chi connectivity index (χ1) is 12.8. The number of urea groups is 1. The summed E-state index contributed by atoms with van der Waals surface area (Å²) in [7, 11) is 1.67. The minimum Gasteiger partial charge on any atom is -0.491 e. The largest absolute Gasteiger partial charge is 0.491 e. The predicted molar refractivity (Wildman–Crippen MR) is 98.6 cm³/mol. The van der Waals surface area contributed by atoms with Crippen LogP contribution >= 0.6 is 0 Å². The number of hydrogen-bond donors (Lipinski definition) is 1. The first kappa shape index (κ1) is 19.4. The Labute approximate surface area is 158 Å². The van der Waals surface area contributed by atoms with Gasteiger partial charge in [0.25, 0.3) is 5.91 Å². The number of Topliss-reactive ketones (excluding diaryl/α,β-unsaturated/α-hetero) is 1. The van der Waals surface area contributed by atoms with Crippen LogP contribution in [0.15, 0.2) is 24.3 Å². The van der Waals surface area contributed by atoms with Gasteiger partial charge in [0.05, 0.1) is 6.54 Å². The highest BCUT2D eigenvalue weighted by molar-refractivity contribution is 6.07. The topological polar surface area (TPSA) is 87.2 Å². The van der Waals surface area contributed by atoms with Gasteiger partial charge in [-0.2, -0.15) is 0 Å². The number of benzene rings is 1. The van der Waals surface area contributed by atoms with Crippen molar-refractivity contribution in [2.75, 3.05) is 20.2 Å². The second-order valence-corrected chi connectivity index (χ2v) is 7.40. The quantitative estimate of drug-likeness (QED) is 0.609. The van der Waals surface area contributed by atoms with Crippen LogP contribution in [0.5, 0.6) is 5.75 Å². The number of likely N-dealkylation sites (N-methyl/N-ethyl adjacent to an activating group) is 1. The summed E-state index contributed by atoms with van der Waals surface area (Å²) >= 11 is 0. The zero-order valence-corrected chi connectivity index (χ0v) is 15.8. The summed E-state index contributed by atoms with van der Waals surface area (Å²) in [4.78, 5) is 39.6. The molecule has 1 saturated heterocycles. The number of β-amino-alcohol motifs (C(OH)–C–C–N with tert-alkyl or cyclic N) is 1. The average molecular weight is 374 g/mol. The number of rotatable bonds is 6. The third-order valence-electron chi connectivity index (χ3n) is 5.56. The Morgan fingerprint density at radius 2 is 1.96 bits per heavy atom. The van der Waals surface area contributed by atoms with Crippen molar-refractivity contribution in [2.24, 2.45) is 0 Å². The summed E-state index contributed by atoms with van der Waals surface area (Å²) in [6, 6.07) is 6.32. The summed E-state index contributed by atoms with van der Waals surface area (Å²) in [6.07, 6.45) is 3.27. The number of hydrogen-bond acceptors (Lipinski definition) is 5. The van der Waals surface area contributed by atoms with Crippen molar-refractivity contribution >= 4 is 17.7 Å². The van der Waals surface area contributed by atoms with Crippen LogP contribution in [0.4, 0.5) is 4.79 Å². The standard InChI is InChI=1S/C20H26N2O5/c1-14(23)15-7-6-8-17(11-15)27-13-16(24)12-22-18(25)20(21(2)19(22)26)9-4-3-5-10-20/h6-8,11,16,24H,3-5,9-10,12-13H2,1-2H3/t16-/m1/s1. The first-order valence-electron chi connectivity index (χ1n) is 9.37. The highest BCUT2D eigenvalue weighted by atomic mass is 16.5. The molecule has 2 aliphatic rings. The second-order valence-electron chi connectivity index (χ2n) is 7.40. The maximum atomic E-state index is 12.9. The zero-order chi connectivity index (χ0) is 19.6. The molecule has 1 N–H and O–H groups in total. The van der Waals surface area contributed by atoms with Gasteiger partial charge in [-0.3, -0.25) is 14.5 Å². The van der Waals surface area contributed by atoms with Crippen LogP contribution in [0.3, 0.4) is 0 Å². The van der Waals surface area contributed by atoms with Gasteiger partial charge in [-0.05, 0) is 31.9 Å². The highest BCUT2D eigenvalue weighted by Crippen LogP contribution is 2.39. The summed E-state index contributed by atoms with van der Waals surface area (Å²) in [5, 5.41) is 10.3. The molecule has 3 rings (SSSR count). The van der Waals surface area contributed by atoms with Crippen molar-refractivity contribution < 1.29 is 24.2 Å². The molecule has 1 aromatic carbocycles. The van der Waals surface area contributed by atoms with Gasteiger partial charge in [0.1, 0.15) is 24.0 Å². The summed E-state index contributed by atoms with van der Waals surface area (Å²) in [5.41, 5.74) is -0.223. The smallest absolute Gasteiger partial charge is 0.327 e. The Bertz CT molecular complexity index is 742. The predicted octanol–water partition coefficient (Wildman–Crippen LogP) is 2.23. The van der Waals surface area contributed by atoms with Gasteiger partial charge >= 0.3 is 6.03 Å². The fourth-order valence-corrected chi connectivity index (χ4v) is 3.95. The van der Waals surface area contributed by atoms with E-state index < -0.39 is 11.6 Å². The normalized spacial score (nSPS) is 20.3. The molecule has 0 radical (unpaired) electrons. The van der Waals surface area contributed by atoms with Crippen LogP contribution in [0.25, 0.3) is 0 Å². The van der Waals surface area contributed by atoms with Gasteiger partial charge in [0, 0.05) is 12.6 Å². The maximum Gasteiger partial charge on any atom is 0.327 e. The van der Waals surface area contributed by atoms with Crippen molar-refractivity contribution in [3.05, 3.63) is 29.8 Å². The fraction of sp³-hybridized carbons (Fsp3) is 0.550. The molecule has 7 heteroatoms. The maximum absolute atomic E-state index is 12.9. The Morgan fingerprint density at radius 3 is 2.63 bits per heavy atom. The van der Waals surface area contributed by atoms with Crippen molar-refractivity contribution in [1.29, 1.82) is 0 Å². The zero-order valence-electron chi connectivity index (χ0n) is 15.8. The minimum absolute atomic E-state index is 0.0740. The number of nitrogens with zero attached hydrogens (tertiary/aromatic N) is 2. The molecule has 0 bridgehead atoms. The molecule has 1 saturated carbocycles. The van der Waals surface area contributed by atoms with Crippen LogP contribution in [0.2, 0.25) is 0 Å². The molecule has 27 heavy (non-hydrogen) atoms. The Kier molecular flexibility index (Phi) is 5.51. The van der Waals surface area contributed by atoms with E-state index in [0.717, 1.165) is 24.2 Å². The highest BCUT2D eigenvalue weighted by Gasteiger charge is 2.55. The molecule has 1 aromatic rings. The van der Waals surface area contributed by atoms with Crippen molar-refractivity contribution in [3.8, 4) is 5.75 Å². The third kappa shape index (κ3) is 3.69. The summed E-state index contributed by atoms with van der Waals surface area (Å²) in [5.74, 6) is 0.170. The summed E-state index contributed by atoms with van der Waals surface area (Å²) in [6.45, 7) is 1.29. The average Bonchev–Trinajstić information content (AvgIpc) is 2.83.